The SMILES string of the molecule is CC(C)C(C)CNC(=O)NC1CCCCC1. The summed E-state index contributed by atoms with van der Waals surface area (Å²) in [6, 6.07) is 0.419. The highest BCUT2D eigenvalue weighted by Gasteiger charge is 2.16. The van der Waals surface area contributed by atoms with Gasteiger partial charge in [0.1, 0.15) is 0 Å². The van der Waals surface area contributed by atoms with Gasteiger partial charge in [0.15, 0.2) is 0 Å². The number of nitrogens with one attached hydrogen (secondary N) is 2. The Hall–Kier alpha value is -0.730. The van der Waals surface area contributed by atoms with E-state index in [-0.39, 0.29) is 6.03 Å². The van der Waals surface area contributed by atoms with E-state index in [1.165, 1.54) is 19.3 Å². The van der Waals surface area contributed by atoms with E-state index in [2.05, 4.69) is 31.4 Å². The molecular weight excluding hydrogens is 200 g/mol. The minimum Gasteiger partial charge on any atom is -0.338 e. The molecule has 1 aliphatic rings. The van der Waals surface area contributed by atoms with Gasteiger partial charge in [-0.25, -0.2) is 4.79 Å². The van der Waals surface area contributed by atoms with E-state index < -0.39 is 0 Å². The molecule has 0 heterocycles. The fourth-order valence-electron chi connectivity index (χ4n) is 1.97. The third-order valence-electron chi connectivity index (χ3n) is 3.66. The number of rotatable bonds is 4. The van der Waals surface area contributed by atoms with Crippen molar-refractivity contribution in [2.45, 2.75) is 58.9 Å². The molecule has 3 heteroatoms. The van der Waals surface area contributed by atoms with Gasteiger partial charge in [-0.05, 0) is 24.7 Å². The normalized spacial score (nSPS) is 19.5. The summed E-state index contributed by atoms with van der Waals surface area (Å²) in [5.74, 6) is 1.16. The quantitative estimate of drug-likeness (QED) is 0.760. The van der Waals surface area contributed by atoms with E-state index in [0.29, 0.717) is 17.9 Å². The standard InChI is InChI=1S/C13H26N2O/c1-10(2)11(3)9-14-13(16)15-12-7-5-4-6-8-12/h10-12H,4-9H2,1-3H3,(H2,14,15,16). The van der Waals surface area contributed by atoms with Crippen molar-refractivity contribution in [1.82, 2.24) is 10.6 Å². The molecule has 16 heavy (non-hydrogen) atoms. The summed E-state index contributed by atoms with van der Waals surface area (Å²) in [5, 5.41) is 6.02. The van der Waals surface area contributed by atoms with E-state index in [1.54, 1.807) is 0 Å². The molecule has 0 radical (unpaired) electrons. The lowest BCUT2D eigenvalue weighted by Gasteiger charge is -2.23. The minimum absolute atomic E-state index is 0.0133. The van der Waals surface area contributed by atoms with Gasteiger partial charge in [0, 0.05) is 12.6 Å². The predicted octanol–water partition coefficient (Wildman–Crippen LogP) is 2.91. The first-order chi connectivity index (χ1) is 7.59. The molecule has 1 atom stereocenters. The van der Waals surface area contributed by atoms with Crippen molar-refractivity contribution in [3.8, 4) is 0 Å². The fraction of sp³-hybridized carbons (Fsp3) is 0.923. The maximum absolute atomic E-state index is 11.6. The number of hydrogen-bond acceptors (Lipinski definition) is 1. The summed E-state index contributed by atoms with van der Waals surface area (Å²) in [7, 11) is 0. The predicted molar refractivity (Wildman–Crippen MR) is 67.4 cm³/mol. The van der Waals surface area contributed by atoms with Crippen LogP contribution in [-0.2, 0) is 0 Å². The average Bonchev–Trinajstić information content (AvgIpc) is 2.27. The van der Waals surface area contributed by atoms with E-state index in [4.69, 9.17) is 0 Å². The molecule has 1 saturated carbocycles. The molecule has 3 nitrogen and oxygen atoms in total. The number of hydrogen-bond donors (Lipinski definition) is 2. The van der Waals surface area contributed by atoms with Crippen LogP contribution < -0.4 is 10.6 Å². The maximum atomic E-state index is 11.6. The Bertz CT molecular complexity index is 210. The Kier molecular flexibility index (Phi) is 5.64. The average molecular weight is 226 g/mol. The van der Waals surface area contributed by atoms with Crippen molar-refractivity contribution in [3.05, 3.63) is 0 Å². The summed E-state index contributed by atoms with van der Waals surface area (Å²) in [5.41, 5.74) is 0. The summed E-state index contributed by atoms with van der Waals surface area (Å²) in [6.45, 7) is 7.32. The van der Waals surface area contributed by atoms with Gasteiger partial charge in [-0.2, -0.15) is 0 Å². The molecular formula is C13H26N2O. The van der Waals surface area contributed by atoms with Gasteiger partial charge >= 0.3 is 6.03 Å². The summed E-state index contributed by atoms with van der Waals surface area (Å²) < 4.78 is 0. The van der Waals surface area contributed by atoms with Crippen LogP contribution in [0.2, 0.25) is 0 Å². The van der Waals surface area contributed by atoms with E-state index in [9.17, 15) is 4.79 Å². The van der Waals surface area contributed by atoms with Gasteiger partial charge in [0.2, 0.25) is 0 Å². The Morgan fingerprint density at radius 2 is 1.81 bits per heavy atom. The van der Waals surface area contributed by atoms with Crippen molar-refractivity contribution in [3.63, 3.8) is 0 Å². The van der Waals surface area contributed by atoms with Gasteiger partial charge in [-0.15, -0.1) is 0 Å². The molecule has 94 valence electrons. The van der Waals surface area contributed by atoms with Crippen LogP contribution in [0, 0.1) is 11.8 Å². The van der Waals surface area contributed by atoms with Crippen LogP contribution >= 0.6 is 0 Å². The van der Waals surface area contributed by atoms with Crippen LogP contribution in [0.25, 0.3) is 0 Å². The van der Waals surface area contributed by atoms with Crippen LogP contribution in [0.3, 0.4) is 0 Å². The van der Waals surface area contributed by atoms with E-state index in [0.717, 1.165) is 19.4 Å². The zero-order valence-electron chi connectivity index (χ0n) is 10.9. The van der Waals surface area contributed by atoms with E-state index in [1.807, 2.05) is 0 Å². The molecule has 0 aromatic heterocycles. The summed E-state index contributed by atoms with van der Waals surface area (Å²) in [4.78, 5) is 11.6. The second-order valence-corrected chi connectivity index (χ2v) is 5.41. The first-order valence-electron chi connectivity index (χ1n) is 6.64. The molecule has 0 saturated heterocycles. The molecule has 1 unspecified atom stereocenters. The fourth-order valence-corrected chi connectivity index (χ4v) is 1.97. The highest BCUT2D eigenvalue weighted by molar-refractivity contribution is 5.74. The van der Waals surface area contributed by atoms with Gasteiger partial charge in [0.05, 0.1) is 0 Å². The number of carbonyl (C=O) groups excluding carboxylic acids is 1. The number of amides is 2. The van der Waals surface area contributed by atoms with Gasteiger partial charge in [-0.1, -0.05) is 40.0 Å². The molecule has 2 amide bonds. The van der Waals surface area contributed by atoms with Crippen molar-refractivity contribution >= 4 is 6.03 Å². The van der Waals surface area contributed by atoms with Crippen LogP contribution in [0.1, 0.15) is 52.9 Å². The van der Waals surface area contributed by atoms with E-state index >= 15 is 0 Å². The first kappa shape index (κ1) is 13.3. The lowest BCUT2D eigenvalue weighted by Crippen LogP contribution is -2.44. The smallest absolute Gasteiger partial charge is 0.315 e. The van der Waals surface area contributed by atoms with Crippen LogP contribution in [-0.4, -0.2) is 18.6 Å². The zero-order valence-corrected chi connectivity index (χ0v) is 10.9. The molecule has 0 aromatic rings. The maximum Gasteiger partial charge on any atom is 0.315 e. The molecule has 1 fully saturated rings. The highest BCUT2D eigenvalue weighted by atomic mass is 16.2. The third kappa shape index (κ3) is 4.86. The highest BCUT2D eigenvalue weighted by Crippen LogP contribution is 2.17. The molecule has 0 spiro atoms. The molecule has 0 aliphatic heterocycles. The number of carbonyl (C=O) groups is 1. The third-order valence-corrected chi connectivity index (χ3v) is 3.66. The molecule has 1 rings (SSSR count). The van der Waals surface area contributed by atoms with Crippen molar-refractivity contribution < 1.29 is 4.79 Å². The summed E-state index contributed by atoms with van der Waals surface area (Å²) >= 11 is 0. The van der Waals surface area contributed by atoms with Gasteiger partial charge in [0.25, 0.3) is 0 Å². The molecule has 0 aromatic carbocycles. The molecule has 2 N–H and O–H groups in total. The first-order valence-corrected chi connectivity index (χ1v) is 6.64. The lowest BCUT2D eigenvalue weighted by atomic mass is 9.96. The Morgan fingerprint density at radius 3 is 2.38 bits per heavy atom. The van der Waals surface area contributed by atoms with Crippen molar-refractivity contribution in [1.29, 1.82) is 0 Å². The minimum atomic E-state index is 0.0133. The van der Waals surface area contributed by atoms with Crippen molar-refractivity contribution in [2.24, 2.45) is 11.8 Å². The Labute approximate surface area is 99.4 Å². The zero-order chi connectivity index (χ0) is 12.0. The Morgan fingerprint density at radius 1 is 1.19 bits per heavy atom. The topological polar surface area (TPSA) is 41.1 Å². The van der Waals surface area contributed by atoms with Crippen molar-refractivity contribution in [2.75, 3.05) is 6.54 Å². The summed E-state index contributed by atoms with van der Waals surface area (Å²) in [6.07, 6.45) is 6.13. The second kappa shape index (κ2) is 6.77. The lowest BCUT2D eigenvalue weighted by molar-refractivity contribution is 0.229. The van der Waals surface area contributed by atoms with Crippen LogP contribution in [0.5, 0.6) is 0 Å². The largest absolute Gasteiger partial charge is 0.338 e. The van der Waals surface area contributed by atoms with Crippen LogP contribution in [0.15, 0.2) is 0 Å². The van der Waals surface area contributed by atoms with Gasteiger partial charge < -0.3 is 10.6 Å². The number of urea groups is 1. The molecule has 1 aliphatic carbocycles. The van der Waals surface area contributed by atoms with Gasteiger partial charge in [-0.3, -0.25) is 0 Å². The second-order valence-electron chi connectivity index (χ2n) is 5.41. The Balaban J connectivity index is 2.14. The molecule has 0 bridgehead atoms. The monoisotopic (exact) mass is 226 g/mol. The van der Waals surface area contributed by atoms with Crippen LogP contribution in [0.4, 0.5) is 4.79 Å².